The lowest BCUT2D eigenvalue weighted by Crippen LogP contribution is -2.08. The molecule has 0 spiro atoms. The molecule has 0 amide bonds. The summed E-state index contributed by atoms with van der Waals surface area (Å²) in [6.45, 7) is 1.64. The van der Waals surface area contributed by atoms with Crippen molar-refractivity contribution in [2.24, 2.45) is 0 Å². The number of nitrogens with zero attached hydrogens (tertiary/aromatic N) is 3. The van der Waals surface area contributed by atoms with Gasteiger partial charge in [-0.3, -0.25) is 10.1 Å². The van der Waals surface area contributed by atoms with Gasteiger partial charge in [-0.1, -0.05) is 18.2 Å². The number of nitro groups is 1. The fraction of sp³-hybridized carbons (Fsp3) is 0.105. The molecule has 0 saturated carbocycles. The van der Waals surface area contributed by atoms with Crippen molar-refractivity contribution >= 4 is 33.1 Å². The molecule has 0 radical (unpaired) electrons. The Kier molecular flexibility index (Phi) is 4.58. The van der Waals surface area contributed by atoms with E-state index in [9.17, 15) is 14.9 Å². The number of ether oxygens (including phenoxy) is 1. The van der Waals surface area contributed by atoms with Crippen LogP contribution in [0.1, 0.15) is 28.6 Å². The first-order valence-electron chi connectivity index (χ1n) is 8.29. The molecule has 0 unspecified atom stereocenters. The van der Waals surface area contributed by atoms with Crippen molar-refractivity contribution in [3.05, 3.63) is 75.5 Å². The number of carbonyl (C=O) groups is 1. The molecule has 0 aliphatic heterocycles. The molecule has 0 aliphatic rings. The van der Waals surface area contributed by atoms with Gasteiger partial charge in [0.15, 0.2) is 6.10 Å². The van der Waals surface area contributed by atoms with Crippen LogP contribution >= 0.6 is 11.3 Å². The Morgan fingerprint density at radius 3 is 2.64 bits per heavy atom. The highest BCUT2D eigenvalue weighted by Gasteiger charge is 2.21. The van der Waals surface area contributed by atoms with E-state index in [4.69, 9.17) is 9.15 Å². The third-order valence-electron chi connectivity index (χ3n) is 4.02. The molecule has 2 heterocycles. The van der Waals surface area contributed by atoms with Gasteiger partial charge in [0.05, 0.1) is 4.92 Å². The summed E-state index contributed by atoms with van der Waals surface area (Å²) in [5, 5.41) is 19.5. The van der Waals surface area contributed by atoms with Crippen molar-refractivity contribution in [2.45, 2.75) is 13.0 Å². The summed E-state index contributed by atoms with van der Waals surface area (Å²) in [6, 6.07) is 15.2. The number of aromatic nitrogens is 2. The zero-order valence-corrected chi connectivity index (χ0v) is 15.4. The number of esters is 1. The molecule has 0 N–H and O–H groups in total. The second kappa shape index (κ2) is 7.20. The zero-order chi connectivity index (χ0) is 19.7. The average molecular weight is 395 g/mol. The number of nitro benzene ring substituents is 1. The van der Waals surface area contributed by atoms with Crippen molar-refractivity contribution < 1.29 is 18.9 Å². The molecule has 8 nitrogen and oxygen atoms in total. The predicted octanol–water partition coefficient (Wildman–Crippen LogP) is 4.78. The summed E-state index contributed by atoms with van der Waals surface area (Å²) in [4.78, 5) is 23.1. The summed E-state index contributed by atoms with van der Waals surface area (Å²) in [6.07, 6.45) is -0.739. The van der Waals surface area contributed by atoms with Gasteiger partial charge in [0.1, 0.15) is 4.88 Å². The lowest BCUT2D eigenvalue weighted by atomic mass is 10.2. The third kappa shape index (κ3) is 3.47. The summed E-state index contributed by atoms with van der Waals surface area (Å²) in [5.74, 6) is -0.138. The number of hydrogen-bond donors (Lipinski definition) is 0. The zero-order valence-electron chi connectivity index (χ0n) is 14.6. The van der Waals surface area contributed by atoms with E-state index in [2.05, 4.69) is 10.2 Å². The van der Waals surface area contributed by atoms with Gasteiger partial charge < -0.3 is 9.15 Å². The van der Waals surface area contributed by atoms with Gasteiger partial charge in [-0.25, -0.2) is 4.79 Å². The number of carbonyl (C=O) groups excluding carboxylic acids is 1. The normalized spacial score (nSPS) is 12.0. The van der Waals surface area contributed by atoms with Crippen molar-refractivity contribution in [3.63, 3.8) is 0 Å². The molecule has 0 saturated heterocycles. The molecule has 2 aromatic heterocycles. The van der Waals surface area contributed by atoms with Gasteiger partial charge in [0, 0.05) is 22.4 Å². The van der Waals surface area contributed by atoms with Gasteiger partial charge in [-0.05, 0) is 36.6 Å². The number of non-ortho nitro benzene ring substituents is 1. The second-order valence-corrected chi connectivity index (χ2v) is 7.03. The minimum absolute atomic E-state index is 0.0332. The molecule has 0 aliphatic carbocycles. The van der Waals surface area contributed by atoms with Crippen LogP contribution in [0.3, 0.4) is 0 Å². The first-order valence-corrected chi connectivity index (χ1v) is 9.11. The highest BCUT2D eigenvalue weighted by Crippen LogP contribution is 2.28. The molecule has 4 aromatic rings. The first-order chi connectivity index (χ1) is 13.5. The van der Waals surface area contributed by atoms with E-state index in [1.165, 1.54) is 35.6 Å². The number of hydrogen-bond acceptors (Lipinski definition) is 8. The molecular weight excluding hydrogens is 382 g/mol. The van der Waals surface area contributed by atoms with Crippen LogP contribution in [0.2, 0.25) is 0 Å². The smallest absolute Gasteiger partial charge is 0.349 e. The predicted molar refractivity (Wildman–Crippen MR) is 102 cm³/mol. The van der Waals surface area contributed by atoms with Gasteiger partial charge in [0.25, 0.3) is 11.6 Å². The average Bonchev–Trinajstić information content (AvgIpc) is 3.35. The molecule has 2 aromatic carbocycles. The number of thiophene rings is 1. The highest BCUT2D eigenvalue weighted by molar-refractivity contribution is 7.20. The van der Waals surface area contributed by atoms with Crippen LogP contribution in [0.15, 0.2) is 59.0 Å². The van der Waals surface area contributed by atoms with Crippen LogP contribution in [0, 0.1) is 10.1 Å². The minimum atomic E-state index is -0.739. The standard InChI is InChI=1S/C19H13N3O5S/c1-11(26-19(23)16-10-13-4-2-3-5-15(13)28-16)17-20-21-18(27-17)12-6-8-14(9-7-12)22(24)25/h2-11H,1H3/t11-/m0/s1. The third-order valence-corrected chi connectivity index (χ3v) is 5.12. The maximum atomic E-state index is 12.4. The molecule has 4 rings (SSSR count). The Hall–Kier alpha value is -3.59. The minimum Gasteiger partial charge on any atom is -0.448 e. The summed E-state index contributed by atoms with van der Waals surface area (Å²) in [5.41, 5.74) is 0.501. The number of benzene rings is 2. The quantitative estimate of drug-likeness (QED) is 0.272. The van der Waals surface area contributed by atoms with Gasteiger partial charge in [-0.15, -0.1) is 21.5 Å². The fourth-order valence-corrected chi connectivity index (χ4v) is 3.54. The summed E-state index contributed by atoms with van der Waals surface area (Å²) < 4.78 is 12.0. The Balaban J connectivity index is 1.48. The van der Waals surface area contributed by atoms with E-state index in [-0.39, 0.29) is 17.5 Å². The molecule has 0 bridgehead atoms. The van der Waals surface area contributed by atoms with Crippen LogP contribution in [0.5, 0.6) is 0 Å². The second-order valence-electron chi connectivity index (χ2n) is 5.95. The Morgan fingerprint density at radius 1 is 1.18 bits per heavy atom. The monoisotopic (exact) mass is 395 g/mol. The lowest BCUT2D eigenvalue weighted by Gasteiger charge is -2.07. The summed E-state index contributed by atoms with van der Waals surface area (Å²) >= 11 is 1.35. The Morgan fingerprint density at radius 2 is 1.93 bits per heavy atom. The first kappa shape index (κ1) is 17.8. The SMILES string of the molecule is C[C@H](OC(=O)c1cc2ccccc2s1)c1nnc(-c2ccc([N+](=O)[O-])cc2)o1. The molecule has 1 atom stereocenters. The van der Waals surface area contributed by atoms with Gasteiger partial charge in [-0.2, -0.15) is 0 Å². The Bertz CT molecular complexity index is 1130. The van der Waals surface area contributed by atoms with E-state index in [1.54, 1.807) is 13.0 Å². The van der Waals surface area contributed by atoms with Gasteiger partial charge >= 0.3 is 5.97 Å². The Labute approximate surface area is 162 Å². The fourth-order valence-electron chi connectivity index (χ4n) is 2.59. The number of fused-ring (bicyclic) bond motifs is 1. The van der Waals surface area contributed by atoms with Crippen molar-refractivity contribution in [2.75, 3.05) is 0 Å². The van der Waals surface area contributed by atoms with Crippen LogP contribution in [-0.4, -0.2) is 21.1 Å². The maximum absolute atomic E-state index is 12.4. The van der Waals surface area contributed by atoms with E-state index in [0.717, 1.165) is 10.1 Å². The van der Waals surface area contributed by atoms with E-state index in [0.29, 0.717) is 10.4 Å². The van der Waals surface area contributed by atoms with Crippen LogP contribution in [0.25, 0.3) is 21.5 Å². The van der Waals surface area contributed by atoms with Crippen molar-refractivity contribution in [1.82, 2.24) is 10.2 Å². The van der Waals surface area contributed by atoms with E-state index in [1.807, 2.05) is 24.3 Å². The van der Waals surface area contributed by atoms with Crippen LogP contribution in [-0.2, 0) is 4.74 Å². The molecule has 28 heavy (non-hydrogen) atoms. The number of rotatable bonds is 5. The maximum Gasteiger partial charge on any atom is 0.349 e. The van der Waals surface area contributed by atoms with Crippen LogP contribution in [0.4, 0.5) is 5.69 Å². The summed E-state index contributed by atoms with van der Waals surface area (Å²) in [7, 11) is 0. The lowest BCUT2D eigenvalue weighted by molar-refractivity contribution is -0.384. The van der Waals surface area contributed by atoms with Gasteiger partial charge in [0.2, 0.25) is 5.89 Å². The van der Waals surface area contributed by atoms with Crippen molar-refractivity contribution in [3.8, 4) is 11.5 Å². The topological polar surface area (TPSA) is 108 Å². The molecule has 140 valence electrons. The van der Waals surface area contributed by atoms with Crippen LogP contribution < -0.4 is 0 Å². The molecular formula is C19H13N3O5S. The van der Waals surface area contributed by atoms with E-state index >= 15 is 0 Å². The largest absolute Gasteiger partial charge is 0.448 e. The molecule has 9 heteroatoms. The van der Waals surface area contributed by atoms with Crippen molar-refractivity contribution in [1.29, 1.82) is 0 Å². The van der Waals surface area contributed by atoms with E-state index < -0.39 is 17.0 Å². The highest BCUT2D eigenvalue weighted by atomic mass is 32.1. The molecule has 0 fully saturated rings.